The summed E-state index contributed by atoms with van der Waals surface area (Å²) in [6.07, 6.45) is 6.64. The van der Waals surface area contributed by atoms with Gasteiger partial charge in [0.1, 0.15) is 5.69 Å². The van der Waals surface area contributed by atoms with Crippen molar-refractivity contribution in [2.75, 3.05) is 18.4 Å². The van der Waals surface area contributed by atoms with Gasteiger partial charge >= 0.3 is 0 Å². The third-order valence-electron chi connectivity index (χ3n) is 3.73. The Kier molecular flexibility index (Phi) is 4.52. The van der Waals surface area contributed by atoms with Crippen LogP contribution in [0.3, 0.4) is 0 Å². The number of carbonyl (C=O) groups is 2. The predicted octanol–water partition coefficient (Wildman–Crippen LogP) is 2.30. The number of rotatable bonds is 4. The molecular weight excluding hydrogens is 292 g/mol. The van der Waals surface area contributed by atoms with Gasteiger partial charge in [0.2, 0.25) is 5.91 Å². The van der Waals surface area contributed by atoms with Gasteiger partial charge in [0, 0.05) is 19.2 Å². The fraction of sp³-hybridized carbons (Fsp3) is 0.235. The van der Waals surface area contributed by atoms with Crippen LogP contribution in [0.5, 0.6) is 0 Å². The highest BCUT2D eigenvalue weighted by Crippen LogP contribution is 2.17. The summed E-state index contributed by atoms with van der Waals surface area (Å²) >= 11 is 0. The molecule has 1 saturated heterocycles. The molecule has 0 bridgehead atoms. The Morgan fingerprint density at radius 2 is 1.91 bits per heavy atom. The van der Waals surface area contributed by atoms with E-state index in [1.807, 2.05) is 30.3 Å². The minimum atomic E-state index is -0.300. The van der Waals surface area contributed by atoms with Crippen LogP contribution in [-0.4, -0.2) is 40.0 Å². The maximum Gasteiger partial charge on any atom is 0.274 e. The van der Waals surface area contributed by atoms with E-state index in [1.54, 1.807) is 11.0 Å². The van der Waals surface area contributed by atoms with Gasteiger partial charge in [-0.25, -0.2) is 0 Å². The summed E-state index contributed by atoms with van der Waals surface area (Å²) in [5, 5.41) is 9.25. The van der Waals surface area contributed by atoms with E-state index in [2.05, 4.69) is 15.5 Å². The van der Waals surface area contributed by atoms with Crippen molar-refractivity contribution >= 4 is 23.6 Å². The van der Waals surface area contributed by atoms with Gasteiger partial charge in [-0.3, -0.25) is 14.7 Å². The molecule has 3 rings (SSSR count). The third-order valence-corrected chi connectivity index (χ3v) is 3.73. The van der Waals surface area contributed by atoms with Crippen LogP contribution in [0.1, 0.15) is 28.9 Å². The molecule has 0 spiro atoms. The predicted molar refractivity (Wildman–Crippen MR) is 87.8 cm³/mol. The number of aromatic nitrogens is 2. The van der Waals surface area contributed by atoms with E-state index in [1.165, 1.54) is 12.3 Å². The lowest BCUT2D eigenvalue weighted by Gasteiger charge is -2.14. The monoisotopic (exact) mass is 310 g/mol. The molecule has 0 radical (unpaired) electrons. The second kappa shape index (κ2) is 6.91. The molecule has 1 aliphatic heterocycles. The number of likely N-dealkylation sites (tertiary alicyclic amines) is 1. The molecule has 0 saturated carbocycles. The quantitative estimate of drug-likeness (QED) is 0.851. The molecule has 2 heterocycles. The molecule has 0 aliphatic carbocycles. The van der Waals surface area contributed by atoms with Crippen LogP contribution in [0, 0.1) is 0 Å². The molecule has 0 unspecified atom stereocenters. The van der Waals surface area contributed by atoms with Gasteiger partial charge in [0.25, 0.3) is 5.91 Å². The Morgan fingerprint density at radius 3 is 2.65 bits per heavy atom. The first-order valence-electron chi connectivity index (χ1n) is 7.61. The van der Waals surface area contributed by atoms with Crippen molar-refractivity contribution in [1.82, 2.24) is 15.1 Å². The lowest BCUT2D eigenvalue weighted by molar-refractivity contribution is -0.111. The maximum atomic E-state index is 12.4. The minimum Gasteiger partial charge on any atom is -0.337 e. The molecule has 0 atom stereocenters. The van der Waals surface area contributed by atoms with Crippen molar-refractivity contribution < 1.29 is 9.59 Å². The Balaban J connectivity index is 1.66. The van der Waals surface area contributed by atoms with E-state index < -0.39 is 0 Å². The number of hydrogen-bond acceptors (Lipinski definition) is 3. The average Bonchev–Trinajstić information content (AvgIpc) is 3.25. The van der Waals surface area contributed by atoms with Crippen LogP contribution >= 0.6 is 0 Å². The molecule has 1 aromatic carbocycles. The van der Waals surface area contributed by atoms with Gasteiger partial charge in [0.15, 0.2) is 0 Å². The Hall–Kier alpha value is -2.89. The molecular formula is C17H18N4O2. The van der Waals surface area contributed by atoms with E-state index in [0.717, 1.165) is 31.5 Å². The van der Waals surface area contributed by atoms with Crippen LogP contribution in [0.4, 0.5) is 5.69 Å². The zero-order valence-corrected chi connectivity index (χ0v) is 12.7. The number of aromatic amines is 1. The number of nitrogens with one attached hydrogen (secondary N) is 2. The standard InChI is InChI=1S/C17H18N4O2/c22-15(9-8-13-6-2-1-3-7-13)19-14-12-18-20-16(14)17(23)21-10-4-5-11-21/h1-3,6-9,12H,4-5,10-11H2,(H,18,20)(H,19,22). The number of nitrogens with zero attached hydrogens (tertiary/aromatic N) is 2. The van der Waals surface area contributed by atoms with Crippen LogP contribution in [-0.2, 0) is 4.79 Å². The summed E-state index contributed by atoms with van der Waals surface area (Å²) in [5.74, 6) is -0.423. The van der Waals surface area contributed by atoms with Crippen LogP contribution in [0.15, 0.2) is 42.6 Å². The van der Waals surface area contributed by atoms with Crippen molar-refractivity contribution in [2.24, 2.45) is 0 Å². The molecule has 1 fully saturated rings. The summed E-state index contributed by atoms with van der Waals surface area (Å²) in [6, 6.07) is 9.54. The third kappa shape index (κ3) is 3.66. The van der Waals surface area contributed by atoms with E-state index in [0.29, 0.717) is 11.4 Å². The van der Waals surface area contributed by atoms with Crippen molar-refractivity contribution in [1.29, 1.82) is 0 Å². The summed E-state index contributed by atoms with van der Waals surface area (Å²) in [5.41, 5.74) is 1.67. The van der Waals surface area contributed by atoms with Gasteiger partial charge in [-0.1, -0.05) is 30.3 Å². The highest BCUT2D eigenvalue weighted by Gasteiger charge is 2.23. The number of amides is 2. The number of hydrogen-bond donors (Lipinski definition) is 2. The van der Waals surface area contributed by atoms with Crippen LogP contribution in [0.25, 0.3) is 6.08 Å². The average molecular weight is 310 g/mol. The second-order valence-corrected chi connectivity index (χ2v) is 5.39. The van der Waals surface area contributed by atoms with Crippen LogP contribution < -0.4 is 5.32 Å². The van der Waals surface area contributed by atoms with Crippen molar-refractivity contribution in [3.63, 3.8) is 0 Å². The largest absolute Gasteiger partial charge is 0.337 e. The van der Waals surface area contributed by atoms with Gasteiger partial charge < -0.3 is 10.2 Å². The van der Waals surface area contributed by atoms with Crippen molar-refractivity contribution in [2.45, 2.75) is 12.8 Å². The minimum absolute atomic E-state index is 0.123. The fourth-order valence-electron chi connectivity index (χ4n) is 2.53. The van der Waals surface area contributed by atoms with Crippen molar-refractivity contribution in [3.05, 3.63) is 53.9 Å². The molecule has 1 aromatic heterocycles. The summed E-state index contributed by atoms with van der Waals surface area (Å²) in [7, 11) is 0. The number of benzene rings is 1. The molecule has 2 aromatic rings. The smallest absolute Gasteiger partial charge is 0.274 e. The highest BCUT2D eigenvalue weighted by molar-refractivity contribution is 6.06. The van der Waals surface area contributed by atoms with Gasteiger partial charge in [0.05, 0.1) is 11.9 Å². The SMILES string of the molecule is O=C(C=Cc1ccccc1)Nc1cn[nH]c1C(=O)N1CCCC1. The van der Waals surface area contributed by atoms with Gasteiger partial charge in [-0.15, -0.1) is 0 Å². The maximum absolute atomic E-state index is 12.4. The van der Waals surface area contributed by atoms with E-state index >= 15 is 0 Å². The van der Waals surface area contributed by atoms with E-state index in [-0.39, 0.29) is 11.8 Å². The van der Waals surface area contributed by atoms with Gasteiger partial charge in [-0.05, 0) is 24.5 Å². The molecule has 6 nitrogen and oxygen atoms in total. The zero-order chi connectivity index (χ0) is 16.1. The molecule has 6 heteroatoms. The first-order chi connectivity index (χ1) is 11.2. The molecule has 2 N–H and O–H groups in total. The summed E-state index contributed by atoms with van der Waals surface area (Å²) in [4.78, 5) is 26.2. The summed E-state index contributed by atoms with van der Waals surface area (Å²) in [6.45, 7) is 1.50. The Bertz CT molecular complexity index is 715. The zero-order valence-electron chi connectivity index (χ0n) is 12.7. The van der Waals surface area contributed by atoms with Crippen LogP contribution in [0.2, 0.25) is 0 Å². The second-order valence-electron chi connectivity index (χ2n) is 5.39. The lowest BCUT2D eigenvalue weighted by Crippen LogP contribution is -2.28. The van der Waals surface area contributed by atoms with Crippen molar-refractivity contribution in [3.8, 4) is 0 Å². The molecule has 1 aliphatic rings. The normalized spacial score (nSPS) is 14.3. The molecule has 23 heavy (non-hydrogen) atoms. The summed E-state index contributed by atoms with van der Waals surface area (Å²) < 4.78 is 0. The van der Waals surface area contributed by atoms with E-state index in [4.69, 9.17) is 0 Å². The first-order valence-corrected chi connectivity index (χ1v) is 7.61. The van der Waals surface area contributed by atoms with Gasteiger partial charge in [-0.2, -0.15) is 5.10 Å². The number of anilines is 1. The highest BCUT2D eigenvalue weighted by atomic mass is 16.2. The van der Waals surface area contributed by atoms with E-state index in [9.17, 15) is 9.59 Å². The fourth-order valence-corrected chi connectivity index (χ4v) is 2.53. The first kappa shape index (κ1) is 15.0. The molecule has 2 amide bonds. The lowest BCUT2D eigenvalue weighted by atomic mass is 10.2. The molecule has 118 valence electrons. The number of H-pyrrole nitrogens is 1. The Labute approximate surface area is 134 Å². The Morgan fingerprint density at radius 1 is 1.17 bits per heavy atom. The topological polar surface area (TPSA) is 78.1 Å². The number of carbonyl (C=O) groups excluding carboxylic acids is 2.